The molecule has 0 aromatic carbocycles. The van der Waals surface area contributed by atoms with Crippen LogP contribution in [0.5, 0.6) is 0 Å². The maximum absolute atomic E-state index is 10.9. The van der Waals surface area contributed by atoms with Gasteiger partial charge in [-0.2, -0.15) is 0 Å². The van der Waals surface area contributed by atoms with Crippen molar-refractivity contribution in [2.75, 3.05) is 18.6 Å². The predicted molar refractivity (Wildman–Crippen MR) is 56.0 cm³/mol. The Kier molecular flexibility index (Phi) is 5.05. The van der Waals surface area contributed by atoms with Gasteiger partial charge in [0.2, 0.25) is 0 Å². The Morgan fingerprint density at radius 1 is 1.43 bits per heavy atom. The van der Waals surface area contributed by atoms with Crippen molar-refractivity contribution in [3.8, 4) is 0 Å². The minimum atomic E-state index is -3.01. The molecule has 1 unspecified atom stereocenters. The molecule has 0 rings (SSSR count). The number of hydrogen-bond acceptors (Lipinski definition) is 4. The van der Waals surface area contributed by atoms with Crippen LogP contribution in [-0.4, -0.2) is 43.8 Å². The van der Waals surface area contributed by atoms with Crippen LogP contribution in [0, 0.1) is 0 Å². The number of sulfone groups is 1. The van der Waals surface area contributed by atoms with Gasteiger partial charge in [-0.25, -0.2) is 8.42 Å². The number of ether oxygens (including phenoxy) is 1. The molecule has 0 heterocycles. The summed E-state index contributed by atoms with van der Waals surface area (Å²) in [6.07, 6.45) is 0.622. The topological polar surface area (TPSA) is 63.6 Å². The van der Waals surface area contributed by atoms with E-state index in [1.165, 1.54) is 0 Å². The number of aliphatic hydroxyl groups excluding tert-OH is 1. The zero-order valence-corrected chi connectivity index (χ0v) is 10.1. The first kappa shape index (κ1) is 13.9. The van der Waals surface area contributed by atoms with Gasteiger partial charge in [0.1, 0.15) is 9.84 Å². The minimum absolute atomic E-state index is 0.00926. The maximum atomic E-state index is 10.9. The summed E-state index contributed by atoms with van der Waals surface area (Å²) in [5, 5.41) is 9.68. The van der Waals surface area contributed by atoms with Crippen LogP contribution in [0.1, 0.15) is 27.2 Å². The van der Waals surface area contributed by atoms with Crippen molar-refractivity contribution in [2.24, 2.45) is 0 Å². The SMILES string of the molecule is CCOC(C)(C)C(O)CCS(C)(=O)=O. The predicted octanol–water partition coefficient (Wildman–Crippen LogP) is 0.597. The highest BCUT2D eigenvalue weighted by atomic mass is 32.2. The Labute approximate surface area is 86.2 Å². The largest absolute Gasteiger partial charge is 0.390 e. The first-order valence-electron chi connectivity index (χ1n) is 4.69. The lowest BCUT2D eigenvalue weighted by molar-refractivity contribution is -0.0966. The van der Waals surface area contributed by atoms with Crippen LogP contribution in [0.2, 0.25) is 0 Å². The normalized spacial score (nSPS) is 15.5. The molecule has 5 heteroatoms. The van der Waals surface area contributed by atoms with Crippen molar-refractivity contribution in [1.29, 1.82) is 0 Å². The maximum Gasteiger partial charge on any atom is 0.147 e. The first-order valence-corrected chi connectivity index (χ1v) is 6.75. The van der Waals surface area contributed by atoms with Crippen molar-refractivity contribution >= 4 is 9.84 Å². The van der Waals surface area contributed by atoms with Crippen molar-refractivity contribution in [2.45, 2.75) is 38.9 Å². The third-order valence-corrected chi connectivity index (χ3v) is 3.06. The Morgan fingerprint density at radius 2 is 1.93 bits per heavy atom. The fourth-order valence-corrected chi connectivity index (χ4v) is 1.79. The van der Waals surface area contributed by atoms with Crippen molar-refractivity contribution in [1.82, 2.24) is 0 Å². The van der Waals surface area contributed by atoms with Gasteiger partial charge in [0.15, 0.2) is 0 Å². The summed E-state index contributed by atoms with van der Waals surface area (Å²) >= 11 is 0. The van der Waals surface area contributed by atoms with Crippen molar-refractivity contribution < 1.29 is 18.3 Å². The summed E-state index contributed by atoms with van der Waals surface area (Å²) in [5.41, 5.74) is -0.681. The van der Waals surface area contributed by atoms with E-state index in [4.69, 9.17) is 4.74 Å². The van der Waals surface area contributed by atoms with Gasteiger partial charge in [-0.3, -0.25) is 0 Å². The number of aliphatic hydroxyl groups is 1. The zero-order valence-electron chi connectivity index (χ0n) is 9.28. The monoisotopic (exact) mass is 224 g/mol. The van der Waals surface area contributed by atoms with Crippen LogP contribution in [-0.2, 0) is 14.6 Å². The molecule has 1 atom stereocenters. The van der Waals surface area contributed by atoms with E-state index in [9.17, 15) is 13.5 Å². The van der Waals surface area contributed by atoms with E-state index in [2.05, 4.69) is 0 Å². The van der Waals surface area contributed by atoms with E-state index in [0.717, 1.165) is 6.26 Å². The van der Waals surface area contributed by atoms with E-state index >= 15 is 0 Å². The van der Waals surface area contributed by atoms with Crippen LogP contribution in [0.25, 0.3) is 0 Å². The van der Waals surface area contributed by atoms with Crippen LogP contribution in [0.3, 0.4) is 0 Å². The van der Waals surface area contributed by atoms with E-state index in [1.807, 2.05) is 6.92 Å². The molecule has 0 fully saturated rings. The van der Waals surface area contributed by atoms with Gasteiger partial charge in [-0.1, -0.05) is 0 Å². The molecule has 4 nitrogen and oxygen atoms in total. The van der Waals surface area contributed by atoms with Crippen LogP contribution in [0.15, 0.2) is 0 Å². The second-order valence-electron chi connectivity index (χ2n) is 3.97. The minimum Gasteiger partial charge on any atom is -0.390 e. The molecule has 0 aliphatic carbocycles. The second kappa shape index (κ2) is 5.09. The summed E-state index contributed by atoms with van der Waals surface area (Å²) in [7, 11) is -3.01. The van der Waals surface area contributed by atoms with Gasteiger partial charge < -0.3 is 9.84 Å². The van der Waals surface area contributed by atoms with Gasteiger partial charge in [0, 0.05) is 12.9 Å². The molecule has 0 saturated carbocycles. The molecular weight excluding hydrogens is 204 g/mol. The molecule has 0 aromatic rings. The molecule has 14 heavy (non-hydrogen) atoms. The molecule has 0 aliphatic heterocycles. The van der Waals surface area contributed by atoms with E-state index in [1.54, 1.807) is 13.8 Å². The van der Waals surface area contributed by atoms with Gasteiger partial charge in [0.05, 0.1) is 17.5 Å². The van der Waals surface area contributed by atoms with Gasteiger partial charge in [-0.15, -0.1) is 0 Å². The standard InChI is InChI=1S/C9H20O4S/c1-5-13-9(2,3)8(10)6-7-14(4,11)12/h8,10H,5-7H2,1-4H3. The molecule has 0 aromatic heterocycles. The van der Waals surface area contributed by atoms with E-state index in [-0.39, 0.29) is 12.2 Å². The second-order valence-corrected chi connectivity index (χ2v) is 6.23. The number of hydrogen-bond donors (Lipinski definition) is 1. The highest BCUT2D eigenvalue weighted by Crippen LogP contribution is 2.17. The lowest BCUT2D eigenvalue weighted by Crippen LogP contribution is -2.40. The van der Waals surface area contributed by atoms with Crippen molar-refractivity contribution in [3.63, 3.8) is 0 Å². The first-order chi connectivity index (χ1) is 6.19. The molecule has 0 aliphatic rings. The molecule has 0 spiro atoms. The summed E-state index contributed by atoms with van der Waals surface area (Å²) in [5.74, 6) is -0.00926. The lowest BCUT2D eigenvalue weighted by atomic mass is 9.99. The van der Waals surface area contributed by atoms with Gasteiger partial charge >= 0.3 is 0 Å². The highest BCUT2D eigenvalue weighted by molar-refractivity contribution is 7.90. The lowest BCUT2D eigenvalue weighted by Gasteiger charge is -2.30. The molecule has 0 bridgehead atoms. The third kappa shape index (κ3) is 5.57. The van der Waals surface area contributed by atoms with E-state index < -0.39 is 21.5 Å². The van der Waals surface area contributed by atoms with Crippen molar-refractivity contribution in [3.05, 3.63) is 0 Å². The average Bonchev–Trinajstić information content (AvgIpc) is 1.98. The Balaban J connectivity index is 4.14. The number of rotatable bonds is 6. The Bertz CT molecular complexity index is 256. The Morgan fingerprint density at radius 3 is 2.29 bits per heavy atom. The zero-order chi connectivity index (χ0) is 11.4. The third-order valence-electron chi connectivity index (χ3n) is 2.08. The summed E-state index contributed by atoms with van der Waals surface area (Å²) in [4.78, 5) is 0. The molecule has 0 amide bonds. The molecule has 1 N–H and O–H groups in total. The fourth-order valence-electron chi connectivity index (χ4n) is 1.14. The van der Waals surface area contributed by atoms with Crippen LogP contribution < -0.4 is 0 Å². The van der Waals surface area contributed by atoms with Gasteiger partial charge in [0.25, 0.3) is 0 Å². The molecule has 86 valence electrons. The summed E-state index contributed by atoms with van der Waals surface area (Å²) in [6.45, 7) is 5.85. The average molecular weight is 224 g/mol. The Hall–Kier alpha value is -0.130. The fraction of sp³-hybridized carbons (Fsp3) is 1.00. The van der Waals surface area contributed by atoms with Crippen LogP contribution >= 0.6 is 0 Å². The van der Waals surface area contributed by atoms with Crippen LogP contribution in [0.4, 0.5) is 0 Å². The molecule has 0 radical (unpaired) electrons. The molecule has 0 saturated heterocycles. The highest BCUT2D eigenvalue weighted by Gasteiger charge is 2.28. The summed E-state index contributed by atoms with van der Waals surface area (Å²) < 4.78 is 27.0. The van der Waals surface area contributed by atoms with E-state index in [0.29, 0.717) is 6.61 Å². The van der Waals surface area contributed by atoms with Gasteiger partial charge in [-0.05, 0) is 27.2 Å². The quantitative estimate of drug-likeness (QED) is 0.717. The smallest absolute Gasteiger partial charge is 0.147 e. The summed E-state index contributed by atoms with van der Waals surface area (Å²) in [6, 6.07) is 0. The molecular formula is C9H20O4S.